The van der Waals surface area contributed by atoms with E-state index in [2.05, 4.69) is 55.5 Å². The van der Waals surface area contributed by atoms with Crippen molar-refractivity contribution in [3.05, 3.63) is 96.6 Å². The Kier molecular flexibility index (Phi) is 4.93. The minimum absolute atomic E-state index is 0.625. The van der Waals surface area contributed by atoms with E-state index in [1.807, 2.05) is 42.5 Å². The highest BCUT2D eigenvalue weighted by molar-refractivity contribution is 6.21. The number of rotatable bonds is 5. The van der Waals surface area contributed by atoms with Crippen LogP contribution >= 0.6 is 0 Å². The molecule has 125 valence electrons. The van der Waals surface area contributed by atoms with Gasteiger partial charge in [-0.05, 0) is 47.7 Å². The van der Waals surface area contributed by atoms with E-state index in [4.69, 9.17) is 7.58 Å². The first-order valence-corrected chi connectivity index (χ1v) is 9.54. The lowest BCUT2D eigenvalue weighted by Gasteiger charge is -2.12. The van der Waals surface area contributed by atoms with Gasteiger partial charge in [-0.2, -0.15) is 0 Å². The van der Waals surface area contributed by atoms with Gasteiger partial charge >= 0.3 is 15.9 Å². The second-order valence-electron chi connectivity index (χ2n) is 6.20. The highest BCUT2D eigenvalue weighted by Gasteiger charge is 2.09. The number of aryl methyl sites for hydroxylation is 1. The van der Waals surface area contributed by atoms with Crippen LogP contribution in [0.1, 0.15) is 5.56 Å². The quantitative estimate of drug-likeness (QED) is 0.422. The molecule has 0 aromatic heterocycles. The average molecular weight is 353 g/mol. The van der Waals surface area contributed by atoms with Crippen molar-refractivity contribution in [1.82, 2.24) is 0 Å². The predicted molar refractivity (Wildman–Crippen MR) is 108 cm³/mol. The summed E-state index contributed by atoms with van der Waals surface area (Å²) in [6, 6.07) is 31.0. The Morgan fingerprint density at radius 1 is 0.654 bits per heavy atom. The molecule has 0 saturated carbocycles. The van der Waals surface area contributed by atoms with E-state index in [1.165, 1.54) is 22.1 Å². The predicted octanol–water partition coefficient (Wildman–Crippen LogP) is 5.81. The van der Waals surface area contributed by atoms with Gasteiger partial charge < -0.3 is 7.58 Å². The number of hydrogen-bond donors (Lipinski definition) is 0. The van der Waals surface area contributed by atoms with Crippen LogP contribution in [-0.4, -0.2) is 15.9 Å². The molecule has 0 heterocycles. The van der Waals surface area contributed by atoms with Gasteiger partial charge in [-0.25, -0.2) is 0 Å². The second-order valence-corrected chi connectivity index (χ2v) is 6.87. The first-order valence-electron chi connectivity index (χ1n) is 8.59. The van der Waals surface area contributed by atoms with Crippen molar-refractivity contribution in [2.24, 2.45) is 0 Å². The van der Waals surface area contributed by atoms with E-state index in [-0.39, 0.29) is 0 Å². The van der Waals surface area contributed by atoms with Crippen LogP contribution < -0.4 is 7.58 Å². The van der Waals surface area contributed by atoms with Gasteiger partial charge in [0.1, 0.15) is 0 Å². The third-order valence-corrected chi connectivity index (χ3v) is 5.04. The lowest BCUT2D eigenvalue weighted by molar-refractivity contribution is 0.462. The summed E-state index contributed by atoms with van der Waals surface area (Å²) in [5.41, 5.74) is 3.60. The maximum absolute atomic E-state index is 5.95. The molecule has 0 fully saturated rings. The van der Waals surface area contributed by atoms with Gasteiger partial charge in [0.15, 0.2) is 0 Å². The minimum Gasteiger partial charge on any atom is -0.616 e. The van der Waals surface area contributed by atoms with E-state index in [0.717, 1.165) is 16.9 Å². The summed E-state index contributed by atoms with van der Waals surface area (Å²) in [6.07, 6.45) is 0. The van der Waals surface area contributed by atoms with E-state index >= 15 is 0 Å². The Morgan fingerprint density at radius 2 is 1.42 bits per heavy atom. The van der Waals surface area contributed by atoms with Gasteiger partial charge in [0.25, 0.3) is 0 Å². The van der Waals surface area contributed by atoms with Gasteiger partial charge in [-0.15, -0.1) is 0 Å². The fraction of sp³-hybridized carbons (Fsp3) is 0.0435. The van der Waals surface area contributed by atoms with Gasteiger partial charge in [-0.1, -0.05) is 72.3 Å². The highest BCUT2D eigenvalue weighted by atomic mass is 27.2. The maximum Gasteiger partial charge on any atom is 0.881 e. The minimum atomic E-state index is -0.625. The molecule has 0 unspecified atom stereocenters. The lowest BCUT2D eigenvalue weighted by Crippen LogP contribution is -2.11. The molecule has 0 aliphatic rings. The van der Waals surface area contributed by atoms with Crippen LogP contribution in [-0.2, 0) is 0 Å². The molecule has 0 aliphatic carbocycles. The molecule has 0 amide bonds. The Morgan fingerprint density at radius 3 is 2.23 bits per heavy atom. The van der Waals surface area contributed by atoms with Crippen molar-refractivity contribution in [2.75, 3.05) is 0 Å². The fourth-order valence-corrected chi connectivity index (χ4v) is 3.57. The molecule has 0 aliphatic heterocycles. The molecule has 0 atom stereocenters. The topological polar surface area (TPSA) is 18.5 Å². The molecule has 2 nitrogen and oxygen atoms in total. The van der Waals surface area contributed by atoms with Crippen LogP contribution in [0.3, 0.4) is 0 Å². The van der Waals surface area contributed by atoms with E-state index in [9.17, 15) is 0 Å². The van der Waals surface area contributed by atoms with Crippen LogP contribution in [0.2, 0.25) is 0 Å². The van der Waals surface area contributed by atoms with E-state index in [0.29, 0.717) is 0 Å². The van der Waals surface area contributed by atoms with Crippen molar-refractivity contribution in [2.45, 2.75) is 6.92 Å². The zero-order chi connectivity index (χ0) is 17.8. The smallest absolute Gasteiger partial charge is 0.616 e. The van der Waals surface area contributed by atoms with Gasteiger partial charge in [0, 0.05) is 5.39 Å². The second kappa shape index (κ2) is 7.66. The first-order chi connectivity index (χ1) is 12.8. The Balaban J connectivity index is 1.43. The van der Waals surface area contributed by atoms with Crippen LogP contribution in [0.25, 0.3) is 21.9 Å². The average Bonchev–Trinajstić information content (AvgIpc) is 2.69. The zero-order valence-electron chi connectivity index (χ0n) is 14.6. The summed E-state index contributed by atoms with van der Waals surface area (Å²) < 4.78 is 11.8. The number of fused-ring (bicyclic) bond motifs is 1. The van der Waals surface area contributed by atoms with Gasteiger partial charge in [0.05, 0.1) is 11.5 Å². The SMILES string of the molecule is Cc1ccc2cccc([O][Al][O]c3ccc(-c4ccccc4)cc3)c2c1. The van der Waals surface area contributed by atoms with E-state index < -0.39 is 15.9 Å². The fourth-order valence-electron chi connectivity index (χ4n) is 2.95. The Bertz CT molecular complexity index is 1010. The molecule has 0 bridgehead atoms. The number of hydrogen-bond acceptors (Lipinski definition) is 2. The van der Waals surface area contributed by atoms with Crippen molar-refractivity contribution in [3.63, 3.8) is 0 Å². The third kappa shape index (κ3) is 3.75. The van der Waals surface area contributed by atoms with Crippen molar-refractivity contribution < 1.29 is 7.58 Å². The molecule has 4 aromatic rings. The normalized spacial score (nSPS) is 10.5. The van der Waals surface area contributed by atoms with Gasteiger partial charge in [-0.3, -0.25) is 0 Å². The Hall–Kier alpha value is -2.73. The molecule has 3 heteroatoms. The summed E-state index contributed by atoms with van der Waals surface area (Å²) in [5, 5.41) is 2.31. The summed E-state index contributed by atoms with van der Waals surface area (Å²) in [5.74, 6) is 1.71. The molecule has 4 rings (SSSR count). The molecule has 0 N–H and O–H groups in total. The van der Waals surface area contributed by atoms with Crippen molar-refractivity contribution >= 4 is 26.7 Å². The molecule has 4 aromatic carbocycles. The van der Waals surface area contributed by atoms with E-state index in [1.54, 1.807) is 0 Å². The summed E-state index contributed by atoms with van der Waals surface area (Å²) in [7, 11) is 0. The lowest BCUT2D eigenvalue weighted by atomic mass is 10.1. The van der Waals surface area contributed by atoms with Crippen molar-refractivity contribution in [1.29, 1.82) is 0 Å². The summed E-state index contributed by atoms with van der Waals surface area (Å²) in [4.78, 5) is 0. The maximum atomic E-state index is 5.95. The summed E-state index contributed by atoms with van der Waals surface area (Å²) >= 11 is -0.625. The Labute approximate surface area is 160 Å². The molecular weight excluding hydrogens is 335 g/mol. The molecule has 26 heavy (non-hydrogen) atoms. The van der Waals surface area contributed by atoms with Crippen molar-refractivity contribution in [3.8, 4) is 22.6 Å². The van der Waals surface area contributed by atoms with Crippen LogP contribution in [0, 0.1) is 6.92 Å². The highest BCUT2D eigenvalue weighted by Crippen LogP contribution is 2.27. The monoisotopic (exact) mass is 353 g/mol. The standard InChI is InChI=1S/C12H10O.C11H10O.Al/c13-12-8-6-11(7-9-12)10-4-2-1-3-5-10;1-8-5-6-9-3-2-4-11(12)10(9)7-8;/h1-9,13H;2-7,12H,1H3;/q;;+2/p-2. The third-order valence-electron chi connectivity index (χ3n) is 4.32. The molecular formula is C23H18AlO2. The summed E-state index contributed by atoms with van der Waals surface area (Å²) in [6.45, 7) is 2.09. The largest absolute Gasteiger partial charge is 0.881 e. The van der Waals surface area contributed by atoms with Crippen LogP contribution in [0.15, 0.2) is 91.0 Å². The van der Waals surface area contributed by atoms with Crippen LogP contribution in [0.5, 0.6) is 11.5 Å². The van der Waals surface area contributed by atoms with Gasteiger partial charge in [0.2, 0.25) is 0 Å². The molecule has 1 radical (unpaired) electrons. The zero-order valence-corrected chi connectivity index (χ0v) is 15.7. The van der Waals surface area contributed by atoms with Crippen LogP contribution in [0.4, 0.5) is 0 Å². The molecule has 0 saturated heterocycles. The number of benzene rings is 4. The molecule has 0 spiro atoms. The first kappa shape index (κ1) is 16.7.